The van der Waals surface area contributed by atoms with Gasteiger partial charge in [0.05, 0.1) is 0 Å². The number of benzene rings is 2. The van der Waals surface area contributed by atoms with E-state index in [1.165, 1.54) is 0 Å². The molecule has 0 spiro atoms. The van der Waals surface area contributed by atoms with Crippen molar-refractivity contribution in [3.63, 3.8) is 0 Å². The summed E-state index contributed by atoms with van der Waals surface area (Å²) in [6.07, 6.45) is 3.55. The third-order valence-electron chi connectivity index (χ3n) is 3.05. The molecule has 0 aliphatic carbocycles. The van der Waals surface area contributed by atoms with Gasteiger partial charge in [-0.15, -0.1) is 5.10 Å². The average Bonchev–Trinajstić information content (AvgIpc) is 2.98. The minimum Gasteiger partial charge on any atom is -0.489 e. The van der Waals surface area contributed by atoms with E-state index in [0.717, 1.165) is 16.9 Å². The molecule has 1 heterocycles. The summed E-state index contributed by atoms with van der Waals surface area (Å²) in [5.74, 6) is 1.13. The zero-order valence-electron chi connectivity index (χ0n) is 12.1. The summed E-state index contributed by atoms with van der Waals surface area (Å²) in [5.41, 5.74) is 7.38. The van der Waals surface area contributed by atoms with E-state index in [1.807, 2.05) is 54.6 Å². The first-order chi connectivity index (χ1) is 11.2. The fourth-order valence-corrected chi connectivity index (χ4v) is 2.06. The molecule has 0 bridgehead atoms. The number of ether oxygens (including phenoxy) is 1. The lowest BCUT2D eigenvalue weighted by molar-refractivity contribution is 0.306. The van der Waals surface area contributed by atoms with Gasteiger partial charge in [0, 0.05) is 11.1 Å². The third-order valence-corrected chi connectivity index (χ3v) is 3.30. The predicted octanol–water partition coefficient (Wildman–Crippen LogP) is 4.05. The highest BCUT2D eigenvalue weighted by molar-refractivity contribution is 6.30. The molecule has 116 valence electrons. The second kappa shape index (κ2) is 6.98. The topological polar surface area (TPSA) is 74.2 Å². The van der Waals surface area contributed by atoms with E-state index in [-0.39, 0.29) is 6.01 Å². The van der Waals surface area contributed by atoms with Crippen LogP contribution in [0.5, 0.6) is 5.75 Å². The van der Waals surface area contributed by atoms with Crippen LogP contribution in [0.3, 0.4) is 0 Å². The van der Waals surface area contributed by atoms with Gasteiger partial charge >= 0.3 is 6.01 Å². The fourth-order valence-electron chi connectivity index (χ4n) is 1.94. The lowest BCUT2D eigenvalue weighted by Crippen LogP contribution is -1.95. The number of rotatable bonds is 5. The molecule has 5 nitrogen and oxygen atoms in total. The molecule has 0 unspecified atom stereocenters. The highest BCUT2D eigenvalue weighted by atomic mass is 35.5. The van der Waals surface area contributed by atoms with Gasteiger partial charge in [0.25, 0.3) is 0 Å². The monoisotopic (exact) mass is 327 g/mol. The number of nitrogens with two attached hydrogens (primary N) is 1. The quantitative estimate of drug-likeness (QED) is 0.765. The summed E-state index contributed by atoms with van der Waals surface area (Å²) < 4.78 is 10.9. The van der Waals surface area contributed by atoms with E-state index < -0.39 is 0 Å². The van der Waals surface area contributed by atoms with Gasteiger partial charge in [-0.05, 0) is 41.5 Å². The zero-order valence-corrected chi connectivity index (χ0v) is 12.9. The maximum absolute atomic E-state index is 5.86. The molecule has 23 heavy (non-hydrogen) atoms. The van der Waals surface area contributed by atoms with Crippen LogP contribution in [0.15, 0.2) is 52.9 Å². The normalized spacial score (nSPS) is 11.0. The largest absolute Gasteiger partial charge is 0.489 e. The van der Waals surface area contributed by atoms with Crippen molar-refractivity contribution in [2.24, 2.45) is 0 Å². The summed E-state index contributed by atoms with van der Waals surface area (Å²) in [6.45, 7) is 0.477. The highest BCUT2D eigenvalue weighted by Gasteiger charge is 1.99. The van der Waals surface area contributed by atoms with Crippen molar-refractivity contribution < 1.29 is 9.15 Å². The Labute approximate surface area is 138 Å². The third kappa shape index (κ3) is 4.34. The van der Waals surface area contributed by atoms with Crippen LogP contribution in [-0.4, -0.2) is 10.2 Å². The summed E-state index contributed by atoms with van der Waals surface area (Å²) in [5, 5.41) is 8.07. The first-order valence-corrected chi connectivity index (χ1v) is 7.31. The first-order valence-electron chi connectivity index (χ1n) is 6.93. The van der Waals surface area contributed by atoms with Crippen LogP contribution in [0.1, 0.15) is 17.0 Å². The number of halogens is 1. The minimum atomic E-state index is 0.0460. The number of nitrogens with zero attached hydrogens (tertiary/aromatic N) is 2. The van der Waals surface area contributed by atoms with Crippen LogP contribution < -0.4 is 10.5 Å². The summed E-state index contributed by atoms with van der Waals surface area (Å²) in [6, 6.07) is 15.3. The van der Waals surface area contributed by atoms with Gasteiger partial charge < -0.3 is 14.9 Å². The second-order valence-electron chi connectivity index (χ2n) is 4.80. The van der Waals surface area contributed by atoms with Gasteiger partial charge in [-0.2, -0.15) is 0 Å². The van der Waals surface area contributed by atoms with Crippen LogP contribution in [-0.2, 0) is 6.61 Å². The number of aromatic nitrogens is 2. The Morgan fingerprint density at radius 3 is 2.65 bits per heavy atom. The second-order valence-corrected chi connectivity index (χ2v) is 5.24. The van der Waals surface area contributed by atoms with Gasteiger partial charge in [-0.3, -0.25) is 0 Å². The molecule has 0 atom stereocenters. The van der Waals surface area contributed by atoms with E-state index in [0.29, 0.717) is 17.5 Å². The van der Waals surface area contributed by atoms with Crippen molar-refractivity contribution in [2.45, 2.75) is 6.61 Å². The maximum atomic E-state index is 5.86. The lowest BCUT2D eigenvalue weighted by atomic mass is 10.2. The van der Waals surface area contributed by atoms with Gasteiger partial charge in [-0.25, -0.2) is 0 Å². The Morgan fingerprint density at radius 2 is 1.91 bits per heavy atom. The Bertz CT molecular complexity index is 813. The van der Waals surface area contributed by atoms with E-state index in [1.54, 1.807) is 6.08 Å². The molecule has 3 rings (SSSR count). The van der Waals surface area contributed by atoms with E-state index in [4.69, 9.17) is 26.5 Å². The number of hydrogen-bond donors (Lipinski definition) is 1. The maximum Gasteiger partial charge on any atom is 0.313 e. The minimum absolute atomic E-state index is 0.0460. The SMILES string of the molecule is Nc1nnc(/C=C/c2cccc(OCc3ccc(Cl)cc3)c2)o1. The van der Waals surface area contributed by atoms with Gasteiger partial charge in [0.2, 0.25) is 5.89 Å². The molecule has 2 aromatic carbocycles. The Balaban J connectivity index is 1.65. The van der Waals surface area contributed by atoms with Gasteiger partial charge in [0.1, 0.15) is 12.4 Å². The zero-order chi connectivity index (χ0) is 16.1. The molecule has 1 aromatic heterocycles. The Hall–Kier alpha value is -2.79. The molecule has 0 amide bonds. The van der Waals surface area contributed by atoms with Crippen molar-refractivity contribution >= 4 is 29.8 Å². The van der Waals surface area contributed by atoms with E-state index >= 15 is 0 Å². The van der Waals surface area contributed by atoms with Crippen molar-refractivity contribution in [1.29, 1.82) is 0 Å². The summed E-state index contributed by atoms with van der Waals surface area (Å²) in [4.78, 5) is 0. The molecule has 0 saturated carbocycles. The van der Waals surface area contributed by atoms with Crippen LogP contribution in [0.4, 0.5) is 6.01 Å². The Kier molecular flexibility index (Phi) is 4.59. The number of anilines is 1. The standard InChI is InChI=1S/C17H14ClN3O2/c18-14-7-4-13(5-8-14)11-22-15-3-1-2-12(10-15)6-9-16-20-21-17(19)23-16/h1-10H,11H2,(H2,19,21)/b9-6+. The lowest BCUT2D eigenvalue weighted by Gasteiger charge is -2.07. The van der Waals surface area contributed by atoms with Crippen molar-refractivity contribution in [1.82, 2.24) is 10.2 Å². The van der Waals surface area contributed by atoms with Crippen LogP contribution in [0, 0.1) is 0 Å². The first kappa shape index (κ1) is 15.1. The van der Waals surface area contributed by atoms with E-state index in [9.17, 15) is 0 Å². The number of nitrogen functional groups attached to an aromatic ring is 1. The van der Waals surface area contributed by atoms with E-state index in [2.05, 4.69) is 10.2 Å². The molecule has 0 saturated heterocycles. The highest BCUT2D eigenvalue weighted by Crippen LogP contribution is 2.18. The molecule has 0 fully saturated rings. The smallest absolute Gasteiger partial charge is 0.313 e. The molecule has 3 aromatic rings. The Morgan fingerprint density at radius 1 is 1.09 bits per heavy atom. The number of hydrogen-bond acceptors (Lipinski definition) is 5. The average molecular weight is 328 g/mol. The molecule has 0 aliphatic rings. The van der Waals surface area contributed by atoms with Gasteiger partial charge in [0.15, 0.2) is 0 Å². The van der Waals surface area contributed by atoms with Crippen LogP contribution in [0.2, 0.25) is 5.02 Å². The van der Waals surface area contributed by atoms with Gasteiger partial charge in [-0.1, -0.05) is 41.0 Å². The predicted molar refractivity (Wildman–Crippen MR) is 89.9 cm³/mol. The van der Waals surface area contributed by atoms with Crippen molar-refractivity contribution in [2.75, 3.05) is 5.73 Å². The molecular formula is C17H14ClN3O2. The molecule has 6 heteroatoms. The fraction of sp³-hybridized carbons (Fsp3) is 0.0588. The summed E-state index contributed by atoms with van der Waals surface area (Å²) in [7, 11) is 0. The molecule has 0 radical (unpaired) electrons. The van der Waals surface area contributed by atoms with Crippen molar-refractivity contribution in [3.05, 3.63) is 70.6 Å². The van der Waals surface area contributed by atoms with Crippen LogP contribution in [0.25, 0.3) is 12.2 Å². The molecule has 0 aliphatic heterocycles. The molecular weight excluding hydrogens is 314 g/mol. The van der Waals surface area contributed by atoms with Crippen molar-refractivity contribution in [3.8, 4) is 5.75 Å². The summed E-state index contributed by atoms with van der Waals surface area (Å²) >= 11 is 5.86. The van der Waals surface area contributed by atoms with Crippen LogP contribution >= 0.6 is 11.6 Å². The molecule has 2 N–H and O–H groups in total.